The van der Waals surface area contributed by atoms with Crippen molar-refractivity contribution >= 4 is 0 Å². The number of benzene rings is 2. The number of ether oxygens (including phenoxy) is 1. The van der Waals surface area contributed by atoms with Crippen LogP contribution in [-0.2, 0) is 13.0 Å². The van der Waals surface area contributed by atoms with Gasteiger partial charge in [0.05, 0.1) is 13.2 Å². The summed E-state index contributed by atoms with van der Waals surface area (Å²) < 4.78 is 5.12. The first-order valence-corrected chi connectivity index (χ1v) is 7.17. The molecule has 0 saturated carbocycles. The molecule has 111 valence electrons. The highest BCUT2D eigenvalue weighted by Gasteiger charge is 2.04. The van der Waals surface area contributed by atoms with Gasteiger partial charge in [0.25, 0.3) is 0 Å². The van der Waals surface area contributed by atoms with Crippen LogP contribution in [0.5, 0.6) is 5.75 Å². The van der Waals surface area contributed by atoms with Gasteiger partial charge in [0.2, 0.25) is 0 Å². The van der Waals surface area contributed by atoms with E-state index in [2.05, 4.69) is 17.4 Å². The van der Waals surface area contributed by atoms with Crippen LogP contribution in [0.1, 0.15) is 11.1 Å². The number of hydrogen-bond donors (Lipinski definition) is 2. The molecule has 0 amide bonds. The standard InChI is InChI=1S/C18H22NO2/c1-21-18-11-8-16(9-12-18)13-19-14-17(20)10-7-15-5-3-2-4-6-15/h2-6,8-12,17,19-20H,7,13-14H2,1H3/t17-/m1/s1. The average molecular weight is 284 g/mol. The summed E-state index contributed by atoms with van der Waals surface area (Å²) in [6.45, 7) is 1.29. The van der Waals surface area contributed by atoms with Crippen LogP contribution in [0, 0.1) is 6.42 Å². The van der Waals surface area contributed by atoms with Gasteiger partial charge in [-0.3, -0.25) is 0 Å². The van der Waals surface area contributed by atoms with Crippen molar-refractivity contribution in [1.82, 2.24) is 5.32 Å². The van der Waals surface area contributed by atoms with E-state index in [-0.39, 0.29) is 0 Å². The van der Waals surface area contributed by atoms with E-state index in [0.717, 1.165) is 18.7 Å². The molecular weight excluding hydrogens is 262 g/mol. The van der Waals surface area contributed by atoms with Crippen molar-refractivity contribution in [2.24, 2.45) is 0 Å². The third-order valence-corrected chi connectivity index (χ3v) is 3.31. The number of methoxy groups -OCH3 is 1. The van der Waals surface area contributed by atoms with Gasteiger partial charge in [-0.25, -0.2) is 0 Å². The van der Waals surface area contributed by atoms with Gasteiger partial charge in [0.1, 0.15) is 5.75 Å². The molecule has 0 spiro atoms. The number of aliphatic hydroxyl groups is 1. The molecule has 0 aromatic heterocycles. The van der Waals surface area contributed by atoms with E-state index in [9.17, 15) is 5.11 Å². The second kappa shape index (κ2) is 8.45. The summed E-state index contributed by atoms with van der Waals surface area (Å²) in [4.78, 5) is 0. The Labute approximate surface area is 126 Å². The Morgan fingerprint density at radius 1 is 1.05 bits per heavy atom. The van der Waals surface area contributed by atoms with Crippen molar-refractivity contribution in [3.63, 3.8) is 0 Å². The summed E-state index contributed by atoms with van der Waals surface area (Å²) in [6, 6.07) is 18.1. The fraction of sp³-hybridized carbons (Fsp3) is 0.278. The summed E-state index contributed by atoms with van der Waals surface area (Å²) in [6.07, 6.45) is 2.27. The molecule has 1 atom stereocenters. The van der Waals surface area contributed by atoms with Crippen LogP contribution in [0.4, 0.5) is 0 Å². The number of hydrogen-bond acceptors (Lipinski definition) is 3. The van der Waals surface area contributed by atoms with Gasteiger partial charge in [0.15, 0.2) is 0 Å². The smallest absolute Gasteiger partial charge is 0.118 e. The van der Waals surface area contributed by atoms with Crippen molar-refractivity contribution in [1.29, 1.82) is 0 Å². The number of aliphatic hydroxyl groups excluding tert-OH is 1. The summed E-state index contributed by atoms with van der Waals surface area (Å²) in [5, 5.41) is 13.2. The molecule has 2 aromatic carbocycles. The van der Waals surface area contributed by atoms with Crippen LogP contribution < -0.4 is 10.1 Å². The highest BCUT2D eigenvalue weighted by Crippen LogP contribution is 2.11. The molecule has 0 aliphatic heterocycles. The summed E-state index contributed by atoms with van der Waals surface area (Å²) in [5.41, 5.74) is 2.39. The molecule has 0 saturated heterocycles. The second-order valence-corrected chi connectivity index (χ2v) is 4.97. The van der Waals surface area contributed by atoms with E-state index < -0.39 is 6.10 Å². The molecule has 0 aliphatic rings. The predicted molar refractivity (Wildman–Crippen MR) is 85.2 cm³/mol. The zero-order chi connectivity index (χ0) is 14.9. The van der Waals surface area contributed by atoms with Crippen LogP contribution in [0.3, 0.4) is 0 Å². The summed E-state index contributed by atoms with van der Waals surface area (Å²) >= 11 is 0. The predicted octanol–water partition coefficient (Wildman–Crippen LogP) is 2.59. The Hall–Kier alpha value is -1.84. The minimum Gasteiger partial charge on any atom is -0.497 e. The van der Waals surface area contributed by atoms with Crippen molar-refractivity contribution in [2.45, 2.75) is 19.1 Å². The molecule has 0 fully saturated rings. The first kappa shape index (κ1) is 15.5. The van der Waals surface area contributed by atoms with E-state index in [4.69, 9.17) is 4.74 Å². The topological polar surface area (TPSA) is 41.5 Å². The summed E-state index contributed by atoms with van der Waals surface area (Å²) in [7, 11) is 1.66. The molecule has 0 heterocycles. The molecule has 0 unspecified atom stereocenters. The van der Waals surface area contributed by atoms with Crippen LogP contribution in [0.15, 0.2) is 54.6 Å². The van der Waals surface area contributed by atoms with E-state index >= 15 is 0 Å². The van der Waals surface area contributed by atoms with E-state index in [1.165, 1.54) is 11.1 Å². The van der Waals surface area contributed by atoms with Crippen LogP contribution >= 0.6 is 0 Å². The molecular formula is C18H22NO2. The molecule has 21 heavy (non-hydrogen) atoms. The Bertz CT molecular complexity index is 511. The van der Waals surface area contributed by atoms with Gasteiger partial charge in [-0.15, -0.1) is 0 Å². The zero-order valence-corrected chi connectivity index (χ0v) is 12.3. The molecule has 0 aliphatic carbocycles. The SMILES string of the molecule is COc1ccc(CNC[C@H](O)[CH]Cc2ccccc2)cc1. The number of nitrogens with one attached hydrogen (secondary N) is 1. The quantitative estimate of drug-likeness (QED) is 0.783. The number of rotatable bonds is 8. The third kappa shape index (κ3) is 5.58. The fourth-order valence-electron chi connectivity index (χ4n) is 2.08. The maximum Gasteiger partial charge on any atom is 0.118 e. The molecule has 2 N–H and O–H groups in total. The lowest BCUT2D eigenvalue weighted by Gasteiger charge is -2.12. The maximum absolute atomic E-state index is 9.93. The lowest BCUT2D eigenvalue weighted by Crippen LogP contribution is -2.27. The molecule has 2 aromatic rings. The van der Waals surface area contributed by atoms with Crippen LogP contribution in [-0.4, -0.2) is 24.9 Å². The normalized spacial score (nSPS) is 12.1. The van der Waals surface area contributed by atoms with Gasteiger partial charge >= 0.3 is 0 Å². The zero-order valence-electron chi connectivity index (χ0n) is 12.3. The highest BCUT2D eigenvalue weighted by atomic mass is 16.5. The minimum absolute atomic E-state index is 0.441. The molecule has 1 radical (unpaired) electrons. The van der Waals surface area contributed by atoms with Gasteiger partial charge in [-0.1, -0.05) is 42.5 Å². The van der Waals surface area contributed by atoms with Gasteiger partial charge in [-0.2, -0.15) is 0 Å². The minimum atomic E-state index is -0.441. The Morgan fingerprint density at radius 3 is 2.43 bits per heavy atom. The largest absolute Gasteiger partial charge is 0.497 e. The lowest BCUT2D eigenvalue weighted by atomic mass is 10.1. The Morgan fingerprint density at radius 2 is 1.76 bits per heavy atom. The molecule has 0 bridgehead atoms. The van der Waals surface area contributed by atoms with Gasteiger partial charge < -0.3 is 15.2 Å². The van der Waals surface area contributed by atoms with E-state index in [1.54, 1.807) is 7.11 Å². The maximum atomic E-state index is 9.93. The highest BCUT2D eigenvalue weighted by molar-refractivity contribution is 5.27. The Balaban J connectivity index is 1.65. The second-order valence-electron chi connectivity index (χ2n) is 4.97. The molecule has 3 heteroatoms. The van der Waals surface area contributed by atoms with E-state index in [0.29, 0.717) is 6.54 Å². The van der Waals surface area contributed by atoms with Crippen molar-refractivity contribution in [2.75, 3.05) is 13.7 Å². The average Bonchev–Trinajstić information content (AvgIpc) is 2.54. The third-order valence-electron chi connectivity index (χ3n) is 3.31. The monoisotopic (exact) mass is 284 g/mol. The van der Waals surface area contributed by atoms with Crippen molar-refractivity contribution in [3.8, 4) is 5.75 Å². The lowest BCUT2D eigenvalue weighted by molar-refractivity contribution is 0.200. The van der Waals surface area contributed by atoms with E-state index in [1.807, 2.05) is 48.9 Å². The fourth-order valence-corrected chi connectivity index (χ4v) is 2.08. The van der Waals surface area contributed by atoms with Crippen LogP contribution in [0.2, 0.25) is 0 Å². The Kier molecular flexibility index (Phi) is 6.25. The first-order chi connectivity index (χ1) is 10.3. The molecule has 2 rings (SSSR count). The molecule has 3 nitrogen and oxygen atoms in total. The van der Waals surface area contributed by atoms with Crippen molar-refractivity contribution < 1.29 is 9.84 Å². The van der Waals surface area contributed by atoms with Gasteiger partial charge in [-0.05, 0) is 36.1 Å². The van der Waals surface area contributed by atoms with Crippen LogP contribution in [0.25, 0.3) is 0 Å². The van der Waals surface area contributed by atoms with Gasteiger partial charge in [0, 0.05) is 13.1 Å². The summed E-state index contributed by atoms with van der Waals surface area (Å²) in [5.74, 6) is 0.856. The van der Waals surface area contributed by atoms with Crippen molar-refractivity contribution in [3.05, 3.63) is 72.1 Å². The first-order valence-electron chi connectivity index (χ1n) is 7.17.